The Kier molecular flexibility index (Phi) is 5.02. The molecular weight excluding hydrogens is 359 g/mol. The lowest BCUT2D eigenvalue weighted by molar-refractivity contribution is -0.137. The molecule has 142 valence electrons. The van der Waals surface area contributed by atoms with Crippen molar-refractivity contribution in [1.29, 1.82) is 0 Å². The normalized spacial score (nSPS) is 11.6. The zero-order valence-corrected chi connectivity index (χ0v) is 14.8. The highest BCUT2D eigenvalue weighted by Gasteiger charge is 2.30. The van der Waals surface area contributed by atoms with E-state index in [4.69, 9.17) is 0 Å². The van der Waals surface area contributed by atoms with Crippen LogP contribution in [0.15, 0.2) is 42.9 Å². The van der Waals surface area contributed by atoms with E-state index in [1.807, 2.05) is 13.8 Å². The van der Waals surface area contributed by atoms with E-state index in [2.05, 4.69) is 15.5 Å². The highest BCUT2D eigenvalue weighted by molar-refractivity contribution is 6.04. The molecule has 0 bridgehead atoms. The number of anilines is 1. The van der Waals surface area contributed by atoms with Crippen molar-refractivity contribution in [3.05, 3.63) is 65.2 Å². The molecule has 3 rings (SSSR count). The minimum atomic E-state index is -4.39. The van der Waals surface area contributed by atoms with Crippen molar-refractivity contribution in [1.82, 2.24) is 19.6 Å². The summed E-state index contributed by atoms with van der Waals surface area (Å²) >= 11 is 0. The number of amides is 1. The van der Waals surface area contributed by atoms with Gasteiger partial charge in [-0.15, -0.1) is 0 Å². The van der Waals surface area contributed by atoms with Gasteiger partial charge in [-0.05, 0) is 31.5 Å². The van der Waals surface area contributed by atoms with Gasteiger partial charge in [0.15, 0.2) is 0 Å². The maximum atomic E-state index is 12.8. The highest BCUT2D eigenvalue weighted by atomic mass is 19.4. The van der Waals surface area contributed by atoms with Gasteiger partial charge in [0.05, 0.1) is 35.8 Å². The average molecular weight is 377 g/mol. The molecule has 2 aromatic heterocycles. The van der Waals surface area contributed by atoms with Crippen molar-refractivity contribution in [3.8, 4) is 0 Å². The third kappa shape index (κ3) is 4.18. The van der Waals surface area contributed by atoms with Gasteiger partial charge in [-0.25, -0.2) is 0 Å². The third-order valence-corrected chi connectivity index (χ3v) is 4.14. The van der Waals surface area contributed by atoms with E-state index in [-0.39, 0.29) is 12.5 Å². The largest absolute Gasteiger partial charge is 0.416 e. The van der Waals surface area contributed by atoms with Crippen molar-refractivity contribution in [2.45, 2.75) is 33.1 Å². The van der Waals surface area contributed by atoms with Crippen molar-refractivity contribution in [2.75, 3.05) is 5.32 Å². The van der Waals surface area contributed by atoms with E-state index in [1.54, 1.807) is 16.9 Å². The van der Waals surface area contributed by atoms with E-state index in [9.17, 15) is 18.0 Å². The summed E-state index contributed by atoms with van der Waals surface area (Å²) in [5, 5.41) is 10.9. The van der Waals surface area contributed by atoms with Gasteiger partial charge in [-0.2, -0.15) is 23.4 Å². The van der Waals surface area contributed by atoms with Gasteiger partial charge in [0.25, 0.3) is 5.91 Å². The summed E-state index contributed by atoms with van der Waals surface area (Å²) in [5.74, 6) is -0.314. The zero-order chi connectivity index (χ0) is 19.6. The number of nitrogens with zero attached hydrogens (tertiary/aromatic N) is 4. The van der Waals surface area contributed by atoms with Crippen LogP contribution in [-0.4, -0.2) is 25.5 Å². The number of alkyl halides is 3. The van der Waals surface area contributed by atoms with Crippen LogP contribution in [0.5, 0.6) is 0 Å². The number of halogens is 3. The van der Waals surface area contributed by atoms with Gasteiger partial charge >= 0.3 is 6.18 Å². The first kappa shape index (κ1) is 18.7. The first-order valence-electron chi connectivity index (χ1n) is 8.30. The molecule has 0 spiro atoms. The molecule has 0 saturated heterocycles. The Morgan fingerprint density at radius 3 is 2.67 bits per heavy atom. The molecule has 27 heavy (non-hydrogen) atoms. The van der Waals surface area contributed by atoms with E-state index < -0.39 is 11.7 Å². The summed E-state index contributed by atoms with van der Waals surface area (Å²) in [6.07, 6.45) is 0.129. The number of hydrogen-bond donors (Lipinski definition) is 1. The van der Waals surface area contributed by atoms with E-state index in [1.165, 1.54) is 23.1 Å². The van der Waals surface area contributed by atoms with Crippen molar-refractivity contribution in [3.63, 3.8) is 0 Å². The number of aromatic nitrogens is 4. The fraction of sp³-hybridized carbons (Fsp3) is 0.278. The lowest BCUT2D eigenvalue weighted by atomic mass is 10.1. The molecule has 2 heterocycles. The Bertz CT molecular complexity index is 958. The molecule has 3 aromatic rings. The fourth-order valence-corrected chi connectivity index (χ4v) is 2.73. The SMILES string of the molecule is CCn1ncc(C(=O)Nc2cnn(Cc3cccc(C(F)(F)F)c3)c2)c1C. The minimum Gasteiger partial charge on any atom is -0.319 e. The maximum absolute atomic E-state index is 12.8. The van der Waals surface area contributed by atoms with Crippen molar-refractivity contribution in [2.24, 2.45) is 0 Å². The predicted octanol–water partition coefficient (Wildman–Crippen LogP) is 3.73. The van der Waals surface area contributed by atoms with Crippen molar-refractivity contribution >= 4 is 11.6 Å². The molecule has 0 saturated carbocycles. The average Bonchev–Trinajstić information content (AvgIpc) is 3.20. The summed E-state index contributed by atoms with van der Waals surface area (Å²) in [7, 11) is 0. The molecule has 0 unspecified atom stereocenters. The first-order chi connectivity index (χ1) is 12.8. The maximum Gasteiger partial charge on any atom is 0.416 e. The lowest BCUT2D eigenvalue weighted by Gasteiger charge is -2.08. The van der Waals surface area contributed by atoms with Gasteiger partial charge in [-0.1, -0.05) is 12.1 Å². The Morgan fingerprint density at radius 1 is 1.22 bits per heavy atom. The van der Waals surface area contributed by atoms with Crippen LogP contribution in [0.2, 0.25) is 0 Å². The second-order valence-corrected chi connectivity index (χ2v) is 6.04. The van der Waals surface area contributed by atoms with E-state index >= 15 is 0 Å². The molecule has 1 N–H and O–H groups in total. The number of carbonyl (C=O) groups is 1. The molecule has 0 atom stereocenters. The second-order valence-electron chi connectivity index (χ2n) is 6.04. The summed E-state index contributed by atoms with van der Waals surface area (Å²) in [6, 6.07) is 5.07. The van der Waals surface area contributed by atoms with Crippen LogP contribution in [0, 0.1) is 6.92 Å². The van der Waals surface area contributed by atoms with E-state index in [0.717, 1.165) is 17.8 Å². The molecule has 0 aliphatic rings. The number of aryl methyl sites for hydroxylation is 1. The van der Waals surface area contributed by atoms with Gasteiger partial charge in [0.1, 0.15) is 0 Å². The monoisotopic (exact) mass is 377 g/mol. The zero-order valence-electron chi connectivity index (χ0n) is 14.8. The predicted molar refractivity (Wildman–Crippen MR) is 93.4 cm³/mol. The molecule has 1 aromatic carbocycles. The number of nitrogens with one attached hydrogen (secondary N) is 1. The van der Waals surface area contributed by atoms with Crippen LogP contribution in [0.3, 0.4) is 0 Å². The van der Waals surface area contributed by atoms with Gasteiger partial charge in [0.2, 0.25) is 0 Å². The first-order valence-corrected chi connectivity index (χ1v) is 8.30. The summed E-state index contributed by atoms with van der Waals surface area (Å²) in [4.78, 5) is 12.4. The molecule has 9 heteroatoms. The Morgan fingerprint density at radius 2 is 2.00 bits per heavy atom. The van der Waals surface area contributed by atoms with Crippen LogP contribution in [-0.2, 0) is 19.3 Å². The third-order valence-electron chi connectivity index (χ3n) is 4.14. The topological polar surface area (TPSA) is 64.7 Å². The number of benzene rings is 1. The molecule has 0 radical (unpaired) electrons. The molecule has 1 amide bonds. The van der Waals surface area contributed by atoms with Crippen molar-refractivity contribution < 1.29 is 18.0 Å². The van der Waals surface area contributed by atoms with Gasteiger partial charge in [0, 0.05) is 18.4 Å². The smallest absolute Gasteiger partial charge is 0.319 e. The summed E-state index contributed by atoms with van der Waals surface area (Å²) in [6.45, 7) is 4.56. The lowest BCUT2D eigenvalue weighted by Crippen LogP contribution is -2.13. The molecule has 0 fully saturated rings. The molecule has 0 aliphatic carbocycles. The van der Waals surface area contributed by atoms with Gasteiger partial charge < -0.3 is 5.32 Å². The van der Waals surface area contributed by atoms with Gasteiger partial charge in [-0.3, -0.25) is 14.2 Å². The Labute approximate surface area is 153 Å². The standard InChI is InChI=1S/C18H18F3N5O/c1-3-26-12(2)16(9-23-26)17(27)24-15-8-22-25(11-15)10-13-5-4-6-14(7-13)18(19,20)21/h4-9,11H,3,10H2,1-2H3,(H,24,27). The molecule has 0 aliphatic heterocycles. The van der Waals surface area contributed by atoms with E-state index in [0.29, 0.717) is 23.4 Å². The second kappa shape index (κ2) is 7.26. The molecule has 6 nitrogen and oxygen atoms in total. The number of hydrogen-bond acceptors (Lipinski definition) is 3. The minimum absolute atomic E-state index is 0.159. The summed E-state index contributed by atoms with van der Waals surface area (Å²) < 4.78 is 41.6. The van der Waals surface area contributed by atoms with Crippen LogP contribution < -0.4 is 5.32 Å². The van der Waals surface area contributed by atoms with Crippen LogP contribution in [0.25, 0.3) is 0 Å². The summed E-state index contributed by atoms with van der Waals surface area (Å²) in [5.41, 5.74) is 1.43. The Balaban J connectivity index is 1.70. The fourth-order valence-electron chi connectivity index (χ4n) is 2.73. The number of carbonyl (C=O) groups excluding carboxylic acids is 1. The Hall–Kier alpha value is -3.10. The van der Waals surface area contributed by atoms with Crippen LogP contribution in [0.1, 0.15) is 34.1 Å². The van der Waals surface area contributed by atoms with Crippen LogP contribution in [0.4, 0.5) is 18.9 Å². The molecular formula is C18H18F3N5O. The quantitative estimate of drug-likeness (QED) is 0.737. The highest BCUT2D eigenvalue weighted by Crippen LogP contribution is 2.29. The number of rotatable bonds is 5. The van der Waals surface area contributed by atoms with Crippen LogP contribution >= 0.6 is 0 Å².